The number of nitrogens with zero attached hydrogens (tertiary/aromatic N) is 5. The Kier molecular flexibility index (Phi) is 5.91. The van der Waals surface area contributed by atoms with Gasteiger partial charge in [-0.25, -0.2) is 28.4 Å². The van der Waals surface area contributed by atoms with Gasteiger partial charge in [-0.1, -0.05) is 20.8 Å². The number of fused-ring (bicyclic) bond motifs is 1. The fourth-order valence-electron chi connectivity index (χ4n) is 5.21. The van der Waals surface area contributed by atoms with E-state index in [2.05, 4.69) is 41.0 Å². The predicted molar refractivity (Wildman–Crippen MR) is 137 cm³/mol. The number of aromatic nitrogens is 4. The van der Waals surface area contributed by atoms with Crippen molar-refractivity contribution in [1.82, 2.24) is 19.9 Å². The van der Waals surface area contributed by atoms with Crippen molar-refractivity contribution in [3.8, 4) is 0 Å². The molecule has 3 aromatic rings. The van der Waals surface area contributed by atoms with E-state index in [1.165, 1.54) is 6.26 Å². The van der Waals surface area contributed by atoms with Gasteiger partial charge in [0.1, 0.15) is 33.1 Å². The Hall–Kier alpha value is -2.85. The summed E-state index contributed by atoms with van der Waals surface area (Å²) in [6.07, 6.45) is 7.82. The summed E-state index contributed by atoms with van der Waals surface area (Å²) in [7, 11) is -2.99. The molecule has 0 unspecified atom stereocenters. The Balaban J connectivity index is 1.42. The van der Waals surface area contributed by atoms with Crippen LogP contribution in [0.2, 0.25) is 0 Å². The Morgan fingerprint density at radius 3 is 2.54 bits per heavy atom. The average molecular weight is 497 g/mol. The van der Waals surface area contributed by atoms with Crippen molar-refractivity contribution in [2.75, 3.05) is 35.3 Å². The molecule has 2 N–H and O–H groups in total. The molecule has 2 aliphatic rings. The molecule has 3 aromatic heterocycles. The highest BCUT2D eigenvalue weighted by molar-refractivity contribution is 7.90. The second-order valence-electron chi connectivity index (χ2n) is 10.7. The van der Waals surface area contributed by atoms with E-state index in [9.17, 15) is 13.5 Å². The zero-order valence-electron chi connectivity index (χ0n) is 20.6. The quantitative estimate of drug-likeness (QED) is 0.508. The number of hydrogen-bond donors (Lipinski definition) is 2. The lowest BCUT2D eigenvalue weighted by Crippen LogP contribution is -2.50. The Bertz CT molecular complexity index is 1360. The molecule has 1 saturated carbocycles. The van der Waals surface area contributed by atoms with E-state index in [0.29, 0.717) is 37.6 Å². The second-order valence-corrected chi connectivity index (χ2v) is 12.9. The summed E-state index contributed by atoms with van der Waals surface area (Å²) < 4.78 is 23.3. The minimum atomic E-state index is -2.99. The monoisotopic (exact) mass is 496 g/mol. The highest BCUT2D eigenvalue weighted by Gasteiger charge is 2.43. The first-order valence-corrected chi connectivity index (χ1v) is 14.1. The van der Waals surface area contributed by atoms with Crippen LogP contribution in [0.4, 0.5) is 17.5 Å². The van der Waals surface area contributed by atoms with Crippen molar-refractivity contribution in [3.05, 3.63) is 42.1 Å². The van der Waals surface area contributed by atoms with Gasteiger partial charge in [-0.05, 0) is 41.8 Å². The van der Waals surface area contributed by atoms with Crippen LogP contribution in [0.25, 0.3) is 10.8 Å². The van der Waals surface area contributed by atoms with E-state index < -0.39 is 9.84 Å². The fraction of sp³-hybridized carbons (Fsp3) is 0.520. The maximum atomic E-state index is 11.6. The van der Waals surface area contributed by atoms with Crippen LogP contribution < -0.4 is 10.2 Å². The minimum Gasteiger partial charge on any atom is -0.393 e. The summed E-state index contributed by atoms with van der Waals surface area (Å²) in [6.45, 7) is 7.70. The number of hydrogen-bond acceptors (Lipinski definition) is 9. The van der Waals surface area contributed by atoms with Gasteiger partial charge in [0.2, 0.25) is 0 Å². The molecule has 9 nitrogen and oxygen atoms in total. The lowest BCUT2D eigenvalue weighted by Gasteiger charge is -2.41. The molecule has 0 spiro atoms. The molecule has 0 bridgehead atoms. The average Bonchev–Trinajstić information content (AvgIpc) is 2.73. The van der Waals surface area contributed by atoms with Crippen molar-refractivity contribution in [2.45, 2.75) is 51.0 Å². The van der Waals surface area contributed by atoms with Gasteiger partial charge < -0.3 is 15.3 Å². The van der Waals surface area contributed by atoms with Crippen LogP contribution in [0.15, 0.2) is 30.7 Å². The second kappa shape index (κ2) is 8.67. The summed E-state index contributed by atoms with van der Waals surface area (Å²) in [5, 5.41) is 15.1. The van der Waals surface area contributed by atoms with Crippen molar-refractivity contribution in [3.63, 3.8) is 0 Å². The fourth-order valence-corrected chi connectivity index (χ4v) is 6.28. The van der Waals surface area contributed by atoms with Crippen molar-refractivity contribution >= 4 is 38.1 Å². The number of anilines is 3. The number of aliphatic hydroxyl groups is 1. The predicted octanol–water partition coefficient (Wildman–Crippen LogP) is 3.18. The standard InChI is InChI=1S/C25H32N6O3S/c1-15(2)19-10-28-23(31-12-16(13-31)14-35(4,33)34)20-11-27-22(7-18(19)20)29-21-5-6-26-24(30-21)25(3)8-17(32)9-25/h5-7,10-11,15-17,32H,8-9,12-14H2,1-4H3,(H,26,27,29,30). The first kappa shape index (κ1) is 23.9. The van der Waals surface area contributed by atoms with Crippen LogP contribution in [0.1, 0.15) is 50.9 Å². The molecule has 0 radical (unpaired) electrons. The first-order valence-electron chi connectivity index (χ1n) is 12.0. The molecule has 1 aliphatic heterocycles. The number of nitrogens with one attached hydrogen (secondary N) is 1. The van der Waals surface area contributed by atoms with Crippen LogP contribution in [-0.4, -0.2) is 64.7 Å². The molecule has 0 atom stereocenters. The van der Waals surface area contributed by atoms with Crippen LogP contribution >= 0.6 is 0 Å². The lowest BCUT2D eigenvalue weighted by molar-refractivity contribution is 0.0230. The third kappa shape index (κ3) is 4.81. The summed E-state index contributed by atoms with van der Waals surface area (Å²) in [4.78, 5) is 20.6. The van der Waals surface area contributed by atoms with E-state index in [1.807, 2.05) is 24.5 Å². The van der Waals surface area contributed by atoms with E-state index in [4.69, 9.17) is 9.97 Å². The largest absolute Gasteiger partial charge is 0.393 e. The number of pyridine rings is 2. The van der Waals surface area contributed by atoms with E-state index in [1.54, 1.807) is 6.20 Å². The molecule has 0 amide bonds. The van der Waals surface area contributed by atoms with Crippen molar-refractivity contribution in [1.29, 1.82) is 0 Å². The lowest BCUT2D eigenvalue weighted by atomic mass is 9.68. The maximum absolute atomic E-state index is 11.6. The van der Waals surface area contributed by atoms with Crippen molar-refractivity contribution in [2.24, 2.45) is 5.92 Å². The molecule has 1 saturated heterocycles. The molecule has 4 heterocycles. The normalized spacial score (nSPS) is 22.8. The van der Waals surface area contributed by atoms with Gasteiger partial charge in [-0.15, -0.1) is 0 Å². The SMILES string of the molecule is CC(C)c1cnc(N2CC(CS(C)(=O)=O)C2)c2cnc(Nc3ccnc(C4(C)CC(O)C4)n3)cc12. The molecule has 2 fully saturated rings. The zero-order valence-corrected chi connectivity index (χ0v) is 21.4. The third-order valence-electron chi connectivity index (χ3n) is 7.02. The van der Waals surface area contributed by atoms with Crippen LogP contribution in [0, 0.1) is 5.92 Å². The molecule has 10 heteroatoms. The zero-order chi connectivity index (χ0) is 25.0. The first-order chi connectivity index (χ1) is 16.5. The number of sulfone groups is 1. The molecule has 0 aromatic carbocycles. The van der Waals surface area contributed by atoms with Gasteiger partial charge in [0.25, 0.3) is 0 Å². The molecule has 5 rings (SSSR count). The Morgan fingerprint density at radius 2 is 1.89 bits per heavy atom. The third-order valence-corrected chi connectivity index (χ3v) is 8.10. The van der Waals surface area contributed by atoms with Gasteiger partial charge in [0.05, 0.1) is 11.9 Å². The van der Waals surface area contributed by atoms with Gasteiger partial charge in [-0.3, -0.25) is 0 Å². The molecule has 186 valence electrons. The van der Waals surface area contributed by atoms with Gasteiger partial charge in [0.15, 0.2) is 0 Å². The Labute approximate surface area is 206 Å². The van der Waals surface area contributed by atoms with E-state index >= 15 is 0 Å². The summed E-state index contributed by atoms with van der Waals surface area (Å²) in [5.41, 5.74) is 0.924. The van der Waals surface area contributed by atoms with E-state index in [-0.39, 0.29) is 29.1 Å². The topological polar surface area (TPSA) is 121 Å². The summed E-state index contributed by atoms with van der Waals surface area (Å²) in [5.74, 6) is 3.52. The van der Waals surface area contributed by atoms with E-state index in [0.717, 1.165) is 28.0 Å². The van der Waals surface area contributed by atoms with Crippen molar-refractivity contribution < 1.29 is 13.5 Å². The molecule has 1 aliphatic carbocycles. The minimum absolute atomic E-state index is 0.131. The molecular weight excluding hydrogens is 464 g/mol. The summed E-state index contributed by atoms with van der Waals surface area (Å²) >= 11 is 0. The number of rotatable bonds is 7. The number of aliphatic hydroxyl groups excluding tert-OH is 1. The van der Waals surface area contributed by atoms with Gasteiger partial charge >= 0.3 is 0 Å². The van der Waals surface area contributed by atoms with Gasteiger partial charge in [0, 0.05) is 54.7 Å². The van der Waals surface area contributed by atoms with Crippen LogP contribution in [-0.2, 0) is 15.3 Å². The summed E-state index contributed by atoms with van der Waals surface area (Å²) in [6, 6.07) is 3.84. The van der Waals surface area contributed by atoms with Gasteiger partial charge in [-0.2, -0.15) is 0 Å². The maximum Gasteiger partial charge on any atom is 0.147 e. The highest BCUT2D eigenvalue weighted by atomic mass is 32.2. The van der Waals surface area contributed by atoms with Crippen LogP contribution in [0.5, 0.6) is 0 Å². The molecular formula is C25H32N6O3S. The Morgan fingerprint density at radius 1 is 1.14 bits per heavy atom. The molecule has 35 heavy (non-hydrogen) atoms. The highest BCUT2D eigenvalue weighted by Crippen LogP contribution is 2.42. The smallest absolute Gasteiger partial charge is 0.147 e. The van der Waals surface area contributed by atoms with Crippen LogP contribution in [0.3, 0.4) is 0 Å².